The van der Waals surface area contributed by atoms with Gasteiger partial charge >= 0.3 is 11.9 Å². The second-order valence-corrected chi connectivity index (χ2v) is 10.5. The molecule has 3 saturated carbocycles. The standard InChI is InChI=1S/C25H31FO8/c1-13(27)34-12-20(30)25(32)19(29)10-17-16-6-5-14-9-15(28)7-8-22(14,2)24(16,26)18(21(31)33-4)11-23(17,25)3/h7-9,16-19,29,32H,5-6,10-12H2,1-4H3/t16?,17?,18?,19-,22+,23+,24+,25+/m1/s1. The zero-order chi connectivity index (χ0) is 25.3. The molecule has 3 unspecified atom stereocenters. The molecule has 0 radical (unpaired) electrons. The molecule has 9 heteroatoms. The van der Waals surface area contributed by atoms with Crippen LogP contribution in [0.5, 0.6) is 0 Å². The van der Waals surface area contributed by atoms with Crippen molar-refractivity contribution in [2.45, 2.75) is 63.8 Å². The summed E-state index contributed by atoms with van der Waals surface area (Å²) in [7, 11) is 1.15. The first-order valence-electron chi connectivity index (χ1n) is 11.6. The maximum absolute atomic E-state index is 17.6. The van der Waals surface area contributed by atoms with Crippen molar-refractivity contribution in [3.8, 4) is 0 Å². The van der Waals surface area contributed by atoms with Gasteiger partial charge in [0, 0.05) is 17.8 Å². The molecule has 4 aliphatic rings. The molecule has 2 N–H and O–H groups in total. The number of allylic oxidation sites excluding steroid dienone is 4. The highest BCUT2D eigenvalue weighted by Gasteiger charge is 2.77. The summed E-state index contributed by atoms with van der Waals surface area (Å²) in [5.74, 6) is -5.50. The third kappa shape index (κ3) is 2.95. The number of hydrogen-bond acceptors (Lipinski definition) is 8. The lowest BCUT2D eigenvalue weighted by Crippen LogP contribution is -2.69. The highest BCUT2D eigenvalue weighted by Crippen LogP contribution is 2.71. The van der Waals surface area contributed by atoms with Crippen molar-refractivity contribution in [1.82, 2.24) is 0 Å². The summed E-state index contributed by atoms with van der Waals surface area (Å²) in [5.41, 5.74) is -6.56. The molecule has 0 amide bonds. The van der Waals surface area contributed by atoms with Crippen LogP contribution < -0.4 is 0 Å². The number of alkyl halides is 1. The van der Waals surface area contributed by atoms with Gasteiger partial charge in [0.05, 0.1) is 19.1 Å². The molecule has 186 valence electrons. The Bertz CT molecular complexity index is 1020. The summed E-state index contributed by atoms with van der Waals surface area (Å²) >= 11 is 0. The van der Waals surface area contributed by atoms with Crippen LogP contribution in [0.15, 0.2) is 23.8 Å². The number of rotatable bonds is 4. The SMILES string of the molecule is COC(=O)C1C[C@@]2(C)C(C[C@@H](O)[C@]2(O)C(=O)COC(C)=O)C2CCC3=CC(=O)C=C[C@]3(C)[C@@]12F. The third-order valence-corrected chi connectivity index (χ3v) is 9.21. The van der Waals surface area contributed by atoms with Crippen LogP contribution in [-0.2, 0) is 28.7 Å². The zero-order valence-electron chi connectivity index (χ0n) is 19.8. The van der Waals surface area contributed by atoms with E-state index in [-0.39, 0.29) is 25.0 Å². The molecule has 0 aromatic rings. The number of halogens is 1. The fourth-order valence-corrected chi connectivity index (χ4v) is 7.45. The Morgan fingerprint density at radius 1 is 1.24 bits per heavy atom. The molecule has 8 atom stereocenters. The van der Waals surface area contributed by atoms with E-state index < -0.39 is 70.3 Å². The van der Waals surface area contributed by atoms with Gasteiger partial charge in [0.1, 0.15) is 5.67 Å². The van der Waals surface area contributed by atoms with Gasteiger partial charge in [-0.05, 0) is 56.6 Å². The van der Waals surface area contributed by atoms with Crippen molar-refractivity contribution in [2.24, 2.45) is 28.6 Å². The Labute approximate surface area is 197 Å². The number of methoxy groups -OCH3 is 1. The Kier molecular flexibility index (Phi) is 5.68. The Hall–Kier alpha value is -2.39. The largest absolute Gasteiger partial charge is 0.469 e. The van der Waals surface area contributed by atoms with E-state index in [0.29, 0.717) is 12.0 Å². The van der Waals surface area contributed by atoms with Gasteiger partial charge in [-0.3, -0.25) is 19.2 Å². The van der Waals surface area contributed by atoms with Crippen LogP contribution >= 0.6 is 0 Å². The van der Waals surface area contributed by atoms with Gasteiger partial charge in [0.25, 0.3) is 0 Å². The van der Waals surface area contributed by atoms with Crippen LogP contribution in [-0.4, -0.2) is 64.8 Å². The van der Waals surface area contributed by atoms with Crippen molar-refractivity contribution in [1.29, 1.82) is 0 Å². The van der Waals surface area contributed by atoms with Gasteiger partial charge in [-0.15, -0.1) is 0 Å². The highest BCUT2D eigenvalue weighted by atomic mass is 19.1. The summed E-state index contributed by atoms with van der Waals surface area (Å²) in [5, 5.41) is 22.6. The first-order valence-corrected chi connectivity index (χ1v) is 11.6. The van der Waals surface area contributed by atoms with E-state index in [0.717, 1.165) is 14.0 Å². The van der Waals surface area contributed by atoms with Crippen LogP contribution in [0.1, 0.15) is 46.5 Å². The number of aliphatic hydroxyl groups is 2. The molecule has 0 heterocycles. The minimum Gasteiger partial charge on any atom is -0.469 e. The Balaban J connectivity index is 1.85. The molecule has 3 fully saturated rings. The average Bonchev–Trinajstić information content (AvgIpc) is 2.99. The Morgan fingerprint density at radius 3 is 2.53 bits per heavy atom. The van der Waals surface area contributed by atoms with Crippen molar-refractivity contribution >= 4 is 23.5 Å². The maximum Gasteiger partial charge on any atom is 0.311 e. The van der Waals surface area contributed by atoms with Gasteiger partial charge in [0.2, 0.25) is 5.78 Å². The summed E-state index contributed by atoms with van der Waals surface area (Å²) in [4.78, 5) is 49.4. The molecule has 34 heavy (non-hydrogen) atoms. The predicted octanol–water partition coefficient (Wildman–Crippen LogP) is 1.62. The van der Waals surface area contributed by atoms with Crippen molar-refractivity contribution in [2.75, 3.05) is 13.7 Å². The summed E-state index contributed by atoms with van der Waals surface area (Å²) < 4.78 is 27.4. The molecule has 0 aromatic heterocycles. The minimum atomic E-state index is -2.34. The predicted molar refractivity (Wildman–Crippen MR) is 116 cm³/mol. The third-order valence-electron chi connectivity index (χ3n) is 9.21. The molecule has 0 spiro atoms. The van der Waals surface area contributed by atoms with E-state index in [9.17, 15) is 29.4 Å². The number of carbonyl (C=O) groups excluding carboxylic acids is 4. The zero-order valence-corrected chi connectivity index (χ0v) is 19.8. The first kappa shape index (κ1) is 24.7. The van der Waals surface area contributed by atoms with E-state index >= 15 is 4.39 Å². The van der Waals surface area contributed by atoms with E-state index in [2.05, 4.69) is 0 Å². The smallest absolute Gasteiger partial charge is 0.311 e. The summed E-state index contributed by atoms with van der Waals surface area (Å²) in [6, 6.07) is 0. The lowest BCUT2D eigenvalue weighted by Gasteiger charge is -2.62. The van der Waals surface area contributed by atoms with Gasteiger partial charge in [-0.25, -0.2) is 4.39 Å². The molecule has 0 aromatic carbocycles. The van der Waals surface area contributed by atoms with Gasteiger partial charge < -0.3 is 19.7 Å². The van der Waals surface area contributed by atoms with Crippen molar-refractivity contribution in [3.63, 3.8) is 0 Å². The molecular weight excluding hydrogens is 447 g/mol. The number of fused-ring (bicyclic) bond motifs is 5. The monoisotopic (exact) mass is 478 g/mol. The van der Waals surface area contributed by atoms with Crippen LogP contribution in [0.4, 0.5) is 4.39 Å². The molecule has 4 rings (SSSR count). The number of carbonyl (C=O) groups is 4. The maximum atomic E-state index is 17.6. The number of ether oxygens (including phenoxy) is 2. The highest BCUT2D eigenvalue weighted by molar-refractivity contribution is 6.01. The summed E-state index contributed by atoms with van der Waals surface area (Å²) in [6.07, 6.45) is 3.06. The molecule has 8 nitrogen and oxygen atoms in total. The number of aliphatic hydroxyl groups excluding tert-OH is 1. The van der Waals surface area contributed by atoms with Crippen LogP contribution in [0.25, 0.3) is 0 Å². The van der Waals surface area contributed by atoms with E-state index in [4.69, 9.17) is 9.47 Å². The van der Waals surface area contributed by atoms with Gasteiger partial charge in [-0.2, -0.15) is 0 Å². The fraction of sp³-hybridized carbons (Fsp3) is 0.680. The van der Waals surface area contributed by atoms with Crippen LogP contribution in [0, 0.1) is 28.6 Å². The quantitative estimate of drug-likeness (QED) is 0.584. The van der Waals surface area contributed by atoms with Crippen molar-refractivity contribution < 1.29 is 43.3 Å². The normalized spacial score (nSPS) is 44.9. The van der Waals surface area contributed by atoms with E-state index in [1.807, 2.05) is 0 Å². The number of Topliss-reactive ketones (excluding diaryl/α,β-unsaturated/α-hetero) is 1. The number of hydrogen-bond donors (Lipinski definition) is 2. The second-order valence-electron chi connectivity index (χ2n) is 10.5. The molecule has 0 bridgehead atoms. The molecular formula is C25H31FO8. The molecule has 0 saturated heterocycles. The van der Waals surface area contributed by atoms with Crippen LogP contribution in [0.3, 0.4) is 0 Å². The number of esters is 2. The lowest BCUT2D eigenvalue weighted by molar-refractivity contribution is -0.214. The van der Waals surface area contributed by atoms with Gasteiger partial charge in [-0.1, -0.05) is 18.6 Å². The first-order chi connectivity index (χ1) is 15.8. The molecule has 4 aliphatic carbocycles. The van der Waals surface area contributed by atoms with Crippen molar-refractivity contribution in [3.05, 3.63) is 23.8 Å². The van der Waals surface area contributed by atoms with E-state index in [1.54, 1.807) is 13.8 Å². The fourth-order valence-electron chi connectivity index (χ4n) is 7.45. The van der Waals surface area contributed by atoms with Crippen LogP contribution in [0.2, 0.25) is 0 Å². The Morgan fingerprint density at radius 2 is 1.91 bits per heavy atom. The minimum absolute atomic E-state index is 0.0547. The number of ketones is 2. The van der Waals surface area contributed by atoms with E-state index in [1.165, 1.54) is 18.2 Å². The second kappa shape index (κ2) is 7.81. The molecule has 0 aliphatic heterocycles. The topological polar surface area (TPSA) is 127 Å². The lowest BCUT2D eigenvalue weighted by atomic mass is 9.42. The van der Waals surface area contributed by atoms with Gasteiger partial charge in [0.15, 0.2) is 18.0 Å². The average molecular weight is 479 g/mol. The summed E-state index contributed by atoms with van der Waals surface area (Å²) in [6.45, 7) is 3.63.